The first-order valence-electron chi connectivity index (χ1n) is 4.22. The fourth-order valence-corrected chi connectivity index (χ4v) is 1.49. The Labute approximate surface area is 69.8 Å². The first-order chi connectivity index (χ1) is 5.93. The third-order valence-electron chi connectivity index (χ3n) is 2.36. The largest absolute Gasteiger partial charge is 0.261 e. The van der Waals surface area contributed by atoms with Crippen LogP contribution in [0.25, 0.3) is 11.0 Å². The number of aromatic nitrogens is 3. The molecule has 1 aliphatic rings. The second-order valence-electron chi connectivity index (χ2n) is 3.35. The topological polar surface area (TPSA) is 41.6 Å². The molecule has 2 aromatic heterocycles. The number of hydrogen-bond acceptors (Lipinski definition) is 2. The van der Waals surface area contributed by atoms with Gasteiger partial charge in [0.15, 0.2) is 5.65 Å². The van der Waals surface area contributed by atoms with Crippen LogP contribution in [0.2, 0.25) is 0 Å². The molecule has 0 aliphatic heterocycles. The van der Waals surface area contributed by atoms with Crippen LogP contribution in [0.4, 0.5) is 0 Å². The summed E-state index contributed by atoms with van der Waals surface area (Å²) >= 11 is 0. The maximum absolute atomic E-state index is 4.28. The van der Waals surface area contributed by atoms with Gasteiger partial charge in [-0.1, -0.05) is 0 Å². The summed E-state index contributed by atoms with van der Waals surface area (Å²) in [6, 6.07) is 2.18. The predicted octanol–water partition coefficient (Wildman–Crippen LogP) is 1.84. The molecule has 2 heterocycles. The van der Waals surface area contributed by atoms with Gasteiger partial charge >= 0.3 is 0 Å². The molecule has 3 nitrogen and oxygen atoms in total. The molecular formula is C9H9N3. The first-order valence-corrected chi connectivity index (χ1v) is 4.22. The van der Waals surface area contributed by atoms with Crippen molar-refractivity contribution in [3.8, 4) is 0 Å². The van der Waals surface area contributed by atoms with Crippen molar-refractivity contribution in [2.45, 2.75) is 18.8 Å². The van der Waals surface area contributed by atoms with Gasteiger partial charge in [0.25, 0.3) is 0 Å². The lowest BCUT2D eigenvalue weighted by atomic mass is 10.2. The lowest BCUT2D eigenvalue weighted by Crippen LogP contribution is -1.82. The van der Waals surface area contributed by atoms with Crippen molar-refractivity contribution in [3.05, 3.63) is 24.0 Å². The number of nitrogens with one attached hydrogen (secondary N) is 1. The van der Waals surface area contributed by atoms with E-state index < -0.39 is 0 Å². The molecule has 1 aliphatic carbocycles. The van der Waals surface area contributed by atoms with Crippen LogP contribution < -0.4 is 0 Å². The molecule has 1 saturated carbocycles. The van der Waals surface area contributed by atoms with E-state index in [1.54, 1.807) is 0 Å². The van der Waals surface area contributed by atoms with E-state index in [-0.39, 0.29) is 0 Å². The van der Waals surface area contributed by atoms with Crippen LogP contribution in [0.3, 0.4) is 0 Å². The lowest BCUT2D eigenvalue weighted by molar-refractivity contribution is 1.08. The second-order valence-corrected chi connectivity index (χ2v) is 3.35. The average molecular weight is 159 g/mol. The van der Waals surface area contributed by atoms with Crippen LogP contribution in [0.15, 0.2) is 18.5 Å². The van der Waals surface area contributed by atoms with Crippen LogP contribution >= 0.6 is 0 Å². The molecule has 0 aromatic carbocycles. The highest BCUT2D eigenvalue weighted by atomic mass is 15.1. The maximum Gasteiger partial charge on any atom is 0.155 e. The van der Waals surface area contributed by atoms with Crippen LogP contribution in [-0.4, -0.2) is 15.2 Å². The average Bonchev–Trinajstić information content (AvgIpc) is 2.84. The molecule has 1 N–H and O–H groups in total. The molecule has 0 bridgehead atoms. The summed E-state index contributed by atoms with van der Waals surface area (Å²) in [7, 11) is 0. The molecule has 60 valence electrons. The van der Waals surface area contributed by atoms with Gasteiger partial charge in [-0.15, -0.1) is 0 Å². The highest BCUT2D eigenvalue weighted by Gasteiger charge is 2.23. The van der Waals surface area contributed by atoms with Crippen molar-refractivity contribution < 1.29 is 0 Å². The van der Waals surface area contributed by atoms with E-state index in [2.05, 4.69) is 21.2 Å². The fourth-order valence-electron chi connectivity index (χ4n) is 1.49. The van der Waals surface area contributed by atoms with E-state index in [4.69, 9.17) is 0 Å². The first kappa shape index (κ1) is 6.17. The molecule has 0 spiro atoms. The Morgan fingerprint density at radius 2 is 2.25 bits per heavy atom. The summed E-state index contributed by atoms with van der Waals surface area (Å²) in [5, 5.41) is 7.90. The van der Waals surface area contributed by atoms with Gasteiger partial charge in [0, 0.05) is 11.6 Å². The van der Waals surface area contributed by atoms with Crippen LogP contribution in [0.1, 0.15) is 24.3 Å². The summed E-state index contributed by atoms with van der Waals surface area (Å²) in [5.41, 5.74) is 2.25. The van der Waals surface area contributed by atoms with E-state index >= 15 is 0 Å². The maximum atomic E-state index is 4.28. The Hall–Kier alpha value is -1.38. The van der Waals surface area contributed by atoms with Crippen molar-refractivity contribution in [2.24, 2.45) is 0 Å². The Morgan fingerprint density at radius 3 is 3.08 bits per heavy atom. The van der Waals surface area contributed by atoms with Crippen LogP contribution in [0, 0.1) is 0 Å². The predicted molar refractivity (Wildman–Crippen MR) is 45.9 cm³/mol. The van der Waals surface area contributed by atoms with Gasteiger partial charge in [0.1, 0.15) is 0 Å². The number of aromatic amines is 1. The molecule has 3 rings (SSSR count). The summed E-state index contributed by atoms with van der Waals surface area (Å²) in [5.74, 6) is 0.775. The van der Waals surface area contributed by atoms with E-state index in [0.717, 1.165) is 17.0 Å². The second kappa shape index (κ2) is 2.06. The Balaban J connectivity index is 2.21. The highest BCUT2D eigenvalue weighted by molar-refractivity contribution is 5.74. The van der Waals surface area contributed by atoms with Crippen molar-refractivity contribution >= 4 is 11.0 Å². The van der Waals surface area contributed by atoms with Gasteiger partial charge in [-0.25, -0.2) is 4.98 Å². The van der Waals surface area contributed by atoms with Crippen molar-refractivity contribution in [1.29, 1.82) is 0 Å². The van der Waals surface area contributed by atoms with E-state index in [1.807, 2.05) is 12.4 Å². The zero-order valence-corrected chi connectivity index (χ0v) is 6.62. The van der Waals surface area contributed by atoms with Gasteiger partial charge in [0.2, 0.25) is 0 Å². The zero-order chi connectivity index (χ0) is 7.97. The van der Waals surface area contributed by atoms with E-state index in [9.17, 15) is 0 Å². The lowest BCUT2D eigenvalue weighted by Gasteiger charge is -1.94. The quantitative estimate of drug-likeness (QED) is 0.689. The Morgan fingerprint density at radius 1 is 1.33 bits per heavy atom. The molecule has 0 atom stereocenters. The molecule has 0 saturated heterocycles. The van der Waals surface area contributed by atoms with E-state index in [0.29, 0.717) is 0 Å². The SMILES string of the molecule is c1nc2[nH]ncc2cc1C1CC1. The minimum Gasteiger partial charge on any atom is -0.261 e. The smallest absolute Gasteiger partial charge is 0.155 e. The minimum absolute atomic E-state index is 0.775. The van der Waals surface area contributed by atoms with Gasteiger partial charge in [-0.3, -0.25) is 5.10 Å². The van der Waals surface area contributed by atoms with Gasteiger partial charge in [-0.2, -0.15) is 5.10 Å². The highest BCUT2D eigenvalue weighted by Crippen LogP contribution is 2.40. The van der Waals surface area contributed by atoms with E-state index in [1.165, 1.54) is 18.4 Å². The third-order valence-corrected chi connectivity index (χ3v) is 2.36. The van der Waals surface area contributed by atoms with Gasteiger partial charge in [-0.05, 0) is 30.4 Å². The Kier molecular flexibility index (Phi) is 1.06. The van der Waals surface area contributed by atoms with Crippen molar-refractivity contribution in [2.75, 3.05) is 0 Å². The van der Waals surface area contributed by atoms with Gasteiger partial charge in [0.05, 0.1) is 6.20 Å². The molecule has 0 radical (unpaired) electrons. The molecule has 3 heteroatoms. The number of hydrogen-bond donors (Lipinski definition) is 1. The monoisotopic (exact) mass is 159 g/mol. The fraction of sp³-hybridized carbons (Fsp3) is 0.333. The number of rotatable bonds is 1. The molecule has 2 aromatic rings. The van der Waals surface area contributed by atoms with Gasteiger partial charge < -0.3 is 0 Å². The summed E-state index contributed by atoms with van der Waals surface area (Å²) in [6.45, 7) is 0. The summed E-state index contributed by atoms with van der Waals surface area (Å²) in [4.78, 5) is 4.28. The molecule has 1 fully saturated rings. The minimum atomic E-state index is 0.775. The van der Waals surface area contributed by atoms with Crippen molar-refractivity contribution in [3.63, 3.8) is 0 Å². The van der Waals surface area contributed by atoms with Crippen molar-refractivity contribution in [1.82, 2.24) is 15.2 Å². The third kappa shape index (κ3) is 0.826. The number of H-pyrrole nitrogens is 1. The molecular weight excluding hydrogens is 150 g/mol. The Bertz CT molecular complexity index is 414. The zero-order valence-electron chi connectivity index (χ0n) is 6.62. The van der Waals surface area contributed by atoms with Crippen LogP contribution in [-0.2, 0) is 0 Å². The normalized spacial score (nSPS) is 17.0. The standard InChI is InChI=1S/C9H9N3/c1-2-6(1)7-3-8-5-11-12-9(8)10-4-7/h3-6H,1-2H2,(H,10,11,12). The number of nitrogens with zero attached hydrogens (tertiary/aromatic N) is 2. The molecule has 12 heavy (non-hydrogen) atoms. The summed E-state index contributed by atoms with van der Waals surface area (Å²) < 4.78 is 0. The number of fused-ring (bicyclic) bond motifs is 1. The molecule has 0 amide bonds. The number of pyridine rings is 1. The summed E-state index contributed by atoms with van der Waals surface area (Å²) in [6.07, 6.45) is 6.43. The molecule has 0 unspecified atom stereocenters. The van der Waals surface area contributed by atoms with Crippen LogP contribution in [0.5, 0.6) is 0 Å².